The number of ether oxygens (including phenoxy) is 1. The molecule has 100 valence electrons. The zero-order valence-electron chi connectivity index (χ0n) is 10.4. The van der Waals surface area contributed by atoms with Crippen molar-refractivity contribution in [2.24, 2.45) is 7.05 Å². The molecule has 6 heteroatoms. The summed E-state index contributed by atoms with van der Waals surface area (Å²) < 4.78 is 21.4. The van der Waals surface area contributed by atoms with Gasteiger partial charge in [0, 0.05) is 23.5 Å². The Morgan fingerprint density at radius 3 is 2.84 bits per heavy atom. The highest BCUT2D eigenvalue weighted by Crippen LogP contribution is 2.38. The Morgan fingerprint density at radius 1 is 1.37 bits per heavy atom. The molecule has 0 atom stereocenters. The van der Waals surface area contributed by atoms with Crippen molar-refractivity contribution >= 4 is 15.9 Å². The van der Waals surface area contributed by atoms with Crippen LogP contribution in [0.5, 0.6) is 5.75 Å². The second-order valence-corrected chi connectivity index (χ2v) is 5.62. The number of nitrogens with zero attached hydrogens (tertiary/aromatic N) is 3. The summed E-state index contributed by atoms with van der Waals surface area (Å²) in [5.74, 6) is 2.46. The Hall–Kier alpha value is -1.43. The van der Waals surface area contributed by atoms with Gasteiger partial charge in [0.05, 0.1) is 0 Å². The van der Waals surface area contributed by atoms with Crippen molar-refractivity contribution in [3.05, 3.63) is 40.1 Å². The predicted octanol–water partition coefficient (Wildman–Crippen LogP) is 3.17. The number of rotatable bonds is 4. The van der Waals surface area contributed by atoms with Gasteiger partial charge in [-0.15, -0.1) is 10.2 Å². The van der Waals surface area contributed by atoms with E-state index in [1.807, 2.05) is 11.6 Å². The van der Waals surface area contributed by atoms with Crippen LogP contribution in [0.1, 0.15) is 30.4 Å². The fourth-order valence-corrected chi connectivity index (χ4v) is 2.40. The molecule has 0 unspecified atom stereocenters. The second kappa shape index (κ2) is 4.92. The zero-order valence-corrected chi connectivity index (χ0v) is 12.0. The molecular weight excluding hydrogens is 313 g/mol. The summed E-state index contributed by atoms with van der Waals surface area (Å²) in [6.07, 6.45) is 2.37. The molecule has 0 amide bonds. The van der Waals surface area contributed by atoms with E-state index in [1.54, 1.807) is 6.07 Å². The summed E-state index contributed by atoms with van der Waals surface area (Å²) >= 11 is 3.23. The molecule has 1 aromatic carbocycles. The molecule has 0 radical (unpaired) electrons. The van der Waals surface area contributed by atoms with Crippen LogP contribution >= 0.6 is 15.9 Å². The summed E-state index contributed by atoms with van der Waals surface area (Å²) in [6, 6.07) is 4.46. The van der Waals surface area contributed by atoms with E-state index in [2.05, 4.69) is 26.1 Å². The molecule has 0 N–H and O–H groups in total. The van der Waals surface area contributed by atoms with Crippen LogP contribution in [0.2, 0.25) is 0 Å². The van der Waals surface area contributed by atoms with Gasteiger partial charge in [0.1, 0.15) is 24.0 Å². The van der Waals surface area contributed by atoms with Gasteiger partial charge >= 0.3 is 0 Å². The van der Waals surface area contributed by atoms with E-state index >= 15 is 0 Å². The third-order valence-corrected chi connectivity index (χ3v) is 3.60. The van der Waals surface area contributed by atoms with Crippen molar-refractivity contribution in [3.63, 3.8) is 0 Å². The summed E-state index contributed by atoms with van der Waals surface area (Å²) in [6.45, 7) is 0.284. The van der Waals surface area contributed by atoms with Gasteiger partial charge < -0.3 is 9.30 Å². The molecule has 1 aromatic heterocycles. The first-order valence-electron chi connectivity index (χ1n) is 6.10. The number of hydrogen-bond acceptors (Lipinski definition) is 3. The first-order chi connectivity index (χ1) is 9.13. The van der Waals surface area contributed by atoms with Crippen LogP contribution in [0.15, 0.2) is 22.7 Å². The number of halogens is 2. The lowest BCUT2D eigenvalue weighted by Crippen LogP contribution is -2.05. The van der Waals surface area contributed by atoms with E-state index in [1.165, 1.54) is 25.0 Å². The summed E-state index contributed by atoms with van der Waals surface area (Å²) in [5.41, 5.74) is 0. The van der Waals surface area contributed by atoms with Gasteiger partial charge in [-0.25, -0.2) is 4.39 Å². The van der Waals surface area contributed by atoms with Crippen LogP contribution < -0.4 is 4.74 Å². The van der Waals surface area contributed by atoms with Gasteiger partial charge in [-0.2, -0.15) is 0 Å². The van der Waals surface area contributed by atoms with Crippen molar-refractivity contribution in [1.29, 1.82) is 0 Å². The molecular formula is C13H13BrFN3O. The molecule has 0 aliphatic heterocycles. The van der Waals surface area contributed by atoms with Gasteiger partial charge in [-0.05, 0) is 25.0 Å². The lowest BCUT2D eigenvalue weighted by molar-refractivity contribution is 0.289. The van der Waals surface area contributed by atoms with Crippen LogP contribution in [0.4, 0.5) is 4.39 Å². The van der Waals surface area contributed by atoms with E-state index in [0.717, 1.165) is 11.6 Å². The maximum Gasteiger partial charge on any atom is 0.170 e. The average Bonchev–Trinajstić information content (AvgIpc) is 3.11. The van der Waals surface area contributed by atoms with Crippen molar-refractivity contribution in [1.82, 2.24) is 14.8 Å². The Bertz CT molecular complexity index is 590. The quantitative estimate of drug-likeness (QED) is 0.866. The molecule has 2 aromatic rings. The van der Waals surface area contributed by atoms with Crippen LogP contribution in [-0.4, -0.2) is 14.8 Å². The highest BCUT2D eigenvalue weighted by Gasteiger charge is 2.29. The third kappa shape index (κ3) is 2.78. The minimum Gasteiger partial charge on any atom is -0.485 e. The van der Waals surface area contributed by atoms with Gasteiger partial charge in [0.15, 0.2) is 5.82 Å². The fraction of sp³-hybridized carbons (Fsp3) is 0.385. The van der Waals surface area contributed by atoms with E-state index in [4.69, 9.17) is 4.74 Å². The molecule has 3 rings (SSSR count). The summed E-state index contributed by atoms with van der Waals surface area (Å²) in [4.78, 5) is 0. The normalized spacial score (nSPS) is 14.7. The maximum atomic E-state index is 13.2. The van der Waals surface area contributed by atoms with Gasteiger partial charge in [0.25, 0.3) is 0 Å². The van der Waals surface area contributed by atoms with E-state index < -0.39 is 0 Å². The van der Waals surface area contributed by atoms with E-state index in [-0.39, 0.29) is 12.4 Å². The average molecular weight is 326 g/mol. The molecule has 1 saturated carbocycles. The maximum absolute atomic E-state index is 13.2. The highest BCUT2D eigenvalue weighted by molar-refractivity contribution is 9.10. The molecule has 1 heterocycles. The van der Waals surface area contributed by atoms with Crippen molar-refractivity contribution in [2.75, 3.05) is 0 Å². The largest absolute Gasteiger partial charge is 0.485 e. The standard InChI is InChI=1S/C13H13BrFN3O/c1-18-12(16-17-13(18)8-2-3-8)7-19-11-5-9(14)4-10(15)6-11/h4-6,8H,2-3,7H2,1H3. The van der Waals surface area contributed by atoms with Crippen LogP contribution in [0, 0.1) is 5.82 Å². The molecule has 1 aliphatic rings. The van der Waals surface area contributed by atoms with E-state index in [0.29, 0.717) is 16.1 Å². The minimum atomic E-state index is -0.332. The van der Waals surface area contributed by atoms with Gasteiger partial charge in [-0.1, -0.05) is 15.9 Å². The van der Waals surface area contributed by atoms with Crippen molar-refractivity contribution < 1.29 is 9.13 Å². The Morgan fingerprint density at radius 2 is 2.16 bits per heavy atom. The van der Waals surface area contributed by atoms with Crippen LogP contribution in [0.3, 0.4) is 0 Å². The number of aromatic nitrogens is 3. The lowest BCUT2D eigenvalue weighted by Gasteiger charge is -2.07. The van der Waals surface area contributed by atoms with Crippen LogP contribution in [-0.2, 0) is 13.7 Å². The van der Waals surface area contributed by atoms with Gasteiger partial charge in [-0.3, -0.25) is 0 Å². The third-order valence-electron chi connectivity index (χ3n) is 3.15. The second-order valence-electron chi connectivity index (χ2n) is 4.70. The summed E-state index contributed by atoms with van der Waals surface area (Å²) in [7, 11) is 1.94. The van der Waals surface area contributed by atoms with Crippen LogP contribution in [0.25, 0.3) is 0 Å². The first-order valence-corrected chi connectivity index (χ1v) is 6.90. The van der Waals surface area contributed by atoms with Crippen molar-refractivity contribution in [3.8, 4) is 5.75 Å². The number of benzene rings is 1. The minimum absolute atomic E-state index is 0.284. The number of hydrogen-bond donors (Lipinski definition) is 0. The Labute approximate surface area is 118 Å². The van der Waals surface area contributed by atoms with E-state index in [9.17, 15) is 4.39 Å². The molecule has 1 aliphatic carbocycles. The Kier molecular flexibility index (Phi) is 3.26. The predicted molar refractivity (Wildman–Crippen MR) is 71.4 cm³/mol. The lowest BCUT2D eigenvalue weighted by atomic mass is 10.3. The van der Waals surface area contributed by atoms with Crippen molar-refractivity contribution in [2.45, 2.75) is 25.4 Å². The molecule has 1 fully saturated rings. The topological polar surface area (TPSA) is 39.9 Å². The monoisotopic (exact) mass is 325 g/mol. The fourth-order valence-electron chi connectivity index (χ4n) is 1.96. The highest BCUT2D eigenvalue weighted by atomic mass is 79.9. The molecule has 0 bridgehead atoms. The molecule has 0 saturated heterocycles. The SMILES string of the molecule is Cn1c(COc2cc(F)cc(Br)c2)nnc1C1CC1. The van der Waals surface area contributed by atoms with Gasteiger partial charge in [0.2, 0.25) is 0 Å². The molecule has 4 nitrogen and oxygen atoms in total. The Balaban J connectivity index is 1.71. The first kappa shape index (κ1) is 12.6. The molecule has 19 heavy (non-hydrogen) atoms. The smallest absolute Gasteiger partial charge is 0.170 e. The molecule has 0 spiro atoms. The summed E-state index contributed by atoms with van der Waals surface area (Å²) in [5, 5.41) is 8.29. The zero-order chi connectivity index (χ0) is 13.4.